The summed E-state index contributed by atoms with van der Waals surface area (Å²) in [6, 6.07) is 1.83. The Hall–Kier alpha value is -1.58. The molecule has 1 aromatic heterocycles. The number of thioether (sulfide) groups is 1. The van der Waals surface area contributed by atoms with E-state index < -0.39 is 0 Å². The molecule has 30 heavy (non-hydrogen) atoms. The van der Waals surface area contributed by atoms with Crippen LogP contribution >= 0.6 is 23.4 Å². The van der Waals surface area contributed by atoms with E-state index in [2.05, 4.69) is 41.0 Å². The van der Waals surface area contributed by atoms with E-state index in [4.69, 9.17) is 11.6 Å². The van der Waals surface area contributed by atoms with E-state index in [0.717, 1.165) is 12.4 Å². The van der Waals surface area contributed by atoms with Gasteiger partial charge in [-0.15, -0.1) is 0 Å². The molecule has 1 unspecified atom stereocenters. The van der Waals surface area contributed by atoms with Gasteiger partial charge in [-0.05, 0) is 26.9 Å². The molecular weight excluding hydrogens is 424 g/mol. The average Bonchev–Trinajstić information content (AvgIpc) is 2.65. The molecule has 0 aliphatic carbocycles. The van der Waals surface area contributed by atoms with E-state index in [1.165, 1.54) is 11.8 Å². The molecule has 1 fully saturated rings. The van der Waals surface area contributed by atoms with Gasteiger partial charge in [0.05, 0.1) is 5.75 Å². The summed E-state index contributed by atoms with van der Waals surface area (Å²) in [5.41, 5.74) is 0. The van der Waals surface area contributed by atoms with Gasteiger partial charge in [0.25, 0.3) is 0 Å². The molecule has 1 aliphatic heterocycles. The molecule has 2 amide bonds. The SMILES string of the molecule is CC(C)CC(=O)N1CCN(c2cc(Cl)nc(SCC(=O)NCCN(C)C)n2)CC1C. The van der Waals surface area contributed by atoms with Crippen LogP contribution in [0.3, 0.4) is 0 Å². The van der Waals surface area contributed by atoms with Crippen molar-refractivity contribution in [3.05, 3.63) is 11.2 Å². The summed E-state index contributed by atoms with van der Waals surface area (Å²) in [7, 11) is 3.92. The Bertz CT molecular complexity index is 733. The van der Waals surface area contributed by atoms with Crippen LogP contribution in [0.25, 0.3) is 0 Å². The van der Waals surface area contributed by atoms with Crippen LogP contribution in [0.5, 0.6) is 0 Å². The molecule has 1 aromatic rings. The molecule has 0 radical (unpaired) electrons. The molecule has 1 atom stereocenters. The van der Waals surface area contributed by atoms with Crippen LogP contribution in [0.15, 0.2) is 11.2 Å². The smallest absolute Gasteiger partial charge is 0.230 e. The van der Waals surface area contributed by atoms with Crippen molar-refractivity contribution in [2.45, 2.75) is 38.4 Å². The highest BCUT2D eigenvalue weighted by atomic mass is 35.5. The van der Waals surface area contributed by atoms with Gasteiger partial charge in [-0.25, -0.2) is 9.97 Å². The Kier molecular flexibility index (Phi) is 9.64. The molecule has 0 spiro atoms. The number of rotatable bonds is 9. The zero-order valence-electron chi connectivity index (χ0n) is 18.5. The van der Waals surface area contributed by atoms with E-state index in [-0.39, 0.29) is 23.6 Å². The number of hydrogen-bond donors (Lipinski definition) is 1. The Balaban J connectivity index is 1.93. The minimum Gasteiger partial charge on any atom is -0.354 e. The second-order valence-electron chi connectivity index (χ2n) is 8.25. The molecule has 10 heteroatoms. The molecule has 8 nitrogen and oxygen atoms in total. The molecule has 2 heterocycles. The fourth-order valence-corrected chi connectivity index (χ4v) is 4.13. The summed E-state index contributed by atoms with van der Waals surface area (Å²) < 4.78 is 0. The molecule has 1 aliphatic rings. The lowest BCUT2D eigenvalue weighted by Gasteiger charge is -2.40. The zero-order chi connectivity index (χ0) is 22.3. The van der Waals surface area contributed by atoms with Crippen molar-refractivity contribution < 1.29 is 9.59 Å². The summed E-state index contributed by atoms with van der Waals surface area (Å²) in [4.78, 5) is 39.4. The van der Waals surface area contributed by atoms with Gasteiger partial charge in [-0.3, -0.25) is 9.59 Å². The number of aromatic nitrogens is 2. The number of amides is 2. The summed E-state index contributed by atoms with van der Waals surface area (Å²) in [6.07, 6.45) is 0.571. The van der Waals surface area contributed by atoms with Crippen molar-refractivity contribution in [3.63, 3.8) is 0 Å². The number of halogens is 1. The second kappa shape index (κ2) is 11.7. The predicted molar refractivity (Wildman–Crippen MR) is 122 cm³/mol. The number of anilines is 1. The summed E-state index contributed by atoms with van der Waals surface area (Å²) in [5.74, 6) is 1.46. The Labute approximate surface area is 188 Å². The normalized spacial score (nSPS) is 17.0. The average molecular weight is 457 g/mol. The first-order chi connectivity index (χ1) is 14.2. The second-order valence-corrected chi connectivity index (χ2v) is 9.58. The van der Waals surface area contributed by atoms with E-state index in [1.54, 1.807) is 6.07 Å². The van der Waals surface area contributed by atoms with Crippen LogP contribution < -0.4 is 10.2 Å². The van der Waals surface area contributed by atoms with Crippen LogP contribution in [-0.2, 0) is 9.59 Å². The first-order valence-corrected chi connectivity index (χ1v) is 11.6. The largest absolute Gasteiger partial charge is 0.354 e. The number of carbonyl (C=O) groups is 2. The Morgan fingerprint density at radius 2 is 2.07 bits per heavy atom. The van der Waals surface area contributed by atoms with Gasteiger partial charge in [0.1, 0.15) is 11.0 Å². The van der Waals surface area contributed by atoms with E-state index in [9.17, 15) is 9.59 Å². The summed E-state index contributed by atoms with van der Waals surface area (Å²) in [5, 5.41) is 3.70. The third-order valence-electron chi connectivity index (χ3n) is 4.73. The lowest BCUT2D eigenvalue weighted by atomic mass is 10.1. The van der Waals surface area contributed by atoms with Gasteiger partial charge < -0.3 is 20.0 Å². The zero-order valence-corrected chi connectivity index (χ0v) is 20.1. The van der Waals surface area contributed by atoms with E-state index in [1.807, 2.05) is 23.9 Å². The minimum atomic E-state index is -0.0575. The standard InChI is InChI=1S/C20H33ClN6O2S/c1-14(2)10-19(29)27-9-8-26(12-15(27)3)17-11-16(21)23-20(24-17)30-13-18(28)22-6-7-25(4)5/h11,14-15H,6-10,12-13H2,1-5H3,(H,22,28). The Morgan fingerprint density at radius 3 is 2.70 bits per heavy atom. The van der Waals surface area contributed by atoms with Crippen molar-refractivity contribution in [2.24, 2.45) is 5.92 Å². The first kappa shape index (κ1) is 24.7. The highest BCUT2D eigenvalue weighted by Crippen LogP contribution is 2.24. The maximum Gasteiger partial charge on any atom is 0.230 e. The molecule has 1 N–H and O–H groups in total. The Morgan fingerprint density at radius 1 is 1.33 bits per heavy atom. The molecular formula is C20H33ClN6O2S. The maximum atomic E-state index is 12.4. The number of piperazine rings is 1. The monoisotopic (exact) mass is 456 g/mol. The van der Waals surface area contributed by atoms with Crippen LogP contribution in [0, 0.1) is 5.92 Å². The van der Waals surface area contributed by atoms with E-state index >= 15 is 0 Å². The van der Waals surface area contributed by atoms with Gasteiger partial charge in [-0.2, -0.15) is 0 Å². The van der Waals surface area contributed by atoms with Crippen LogP contribution in [0.4, 0.5) is 5.82 Å². The number of nitrogens with zero attached hydrogens (tertiary/aromatic N) is 5. The summed E-state index contributed by atoms with van der Waals surface area (Å²) in [6.45, 7) is 9.60. The highest BCUT2D eigenvalue weighted by molar-refractivity contribution is 7.99. The van der Waals surface area contributed by atoms with E-state index in [0.29, 0.717) is 48.8 Å². The minimum absolute atomic E-state index is 0.0575. The fraction of sp³-hybridized carbons (Fsp3) is 0.700. The lowest BCUT2D eigenvalue weighted by Crippen LogP contribution is -2.54. The van der Waals surface area contributed by atoms with Crippen LogP contribution in [0.2, 0.25) is 5.15 Å². The molecule has 0 bridgehead atoms. The number of likely N-dealkylation sites (N-methyl/N-ethyl adjacent to an activating group) is 1. The molecule has 168 valence electrons. The number of carbonyl (C=O) groups excluding carboxylic acids is 2. The quantitative estimate of drug-likeness (QED) is 0.345. The topological polar surface area (TPSA) is 81.7 Å². The predicted octanol–water partition coefficient (Wildman–Crippen LogP) is 1.98. The van der Waals surface area contributed by atoms with Crippen molar-refractivity contribution in [1.29, 1.82) is 0 Å². The van der Waals surface area contributed by atoms with Crippen LogP contribution in [0.1, 0.15) is 27.2 Å². The van der Waals surface area contributed by atoms with Gasteiger partial charge in [0, 0.05) is 51.3 Å². The third kappa shape index (κ3) is 7.92. The number of nitrogens with one attached hydrogen (secondary N) is 1. The highest BCUT2D eigenvalue weighted by Gasteiger charge is 2.28. The van der Waals surface area contributed by atoms with Gasteiger partial charge >= 0.3 is 0 Å². The van der Waals surface area contributed by atoms with Gasteiger partial charge in [0.15, 0.2) is 5.16 Å². The lowest BCUT2D eigenvalue weighted by molar-refractivity contribution is -0.134. The van der Waals surface area contributed by atoms with Crippen molar-refractivity contribution in [1.82, 2.24) is 25.1 Å². The summed E-state index contributed by atoms with van der Waals surface area (Å²) >= 11 is 7.48. The van der Waals surface area contributed by atoms with Crippen LogP contribution in [-0.4, -0.2) is 90.2 Å². The van der Waals surface area contributed by atoms with Crippen molar-refractivity contribution in [2.75, 3.05) is 57.5 Å². The molecule has 0 aromatic carbocycles. The maximum absolute atomic E-state index is 12.4. The first-order valence-electron chi connectivity index (χ1n) is 10.3. The molecule has 2 rings (SSSR count). The van der Waals surface area contributed by atoms with Gasteiger partial charge in [-0.1, -0.05) is 37.2 Å². The van der Waals surface area contributed by atoms with Crippen molar-refractivity contribution >= 4 is 41.0 Å². The third-order valence-corrected chi connectivity index (χ3v) is 5.77. The van der Waals surface area contributed by atoms with Gasteiger partial charge in [0.2, 0.25) is 11.8 Å². The molecule has 1 saturated heterocycles. The fourth-order valence-electron chi connectivity index (χ4n) is 3.21. The number of hydrogen-bond acceptors (Lipinski definition) is 7. The molecule has 0 saturated carbocycles. The van der Waals surface area contributed by atoms with Crippen molar-refractivity contribution in [3.8, 4) is 0 Å².